The highest BCUT2D eigenvalue weighted by atomic mass is 16.6. The van der Waals surface area contributed by atoms with Gasteiger partial charge in [0.05, 0.1) is 12.2 Å². The number of hydrogen-bond donors (Lipinski definition) is 1. The van der Waals surface area contributed by atoms with E-state index >= 15 is 0 Å². The smallest absolute Gasteiger partial charge is 0.256 e. The first kappa shape index (κ1) is 17.3. The van der Waals surface area contributed by atoms with Crippen molar-refractivity contribution in [2.45, 2.75) is 32.4 Å². The summed E-state index contributed by atoms with van der Waals surface area (Å²) in [5.41, 5.74) is 3.41. The fourth-order valence-electron chi connectivity index (χ4n) is 3.50. The van der Waals surface area contributed by atoms with E-state index in [2.05, 4.69) is 30.8 Å². The van der Waals surface area contributed by atoms with Crippen molar-refractivity contribution in [3.8, 4) is 0 Å². The van der Waals surface area contributed by atoms with Gasteiger partial charge in [-0.25, -0.2) is 4.63 Å². The van der Waals surface area contributed by atoms with Crippen molar-refractivity contribution >= 4 is 11.7 Å². The van der Waals surface area contributed by atoms with Crippen LogP contribution in [0, 0.1) is 6.92 Å². The van der Waals surface area contributed by atoms with Gasteiger partial charge >= 0.3 is 0 Å². The Hall–Kier alpha value is -3.07. The summed E-state index contributed by atoms with van der Waals surface area (Å²) in [7, 11) is 1.75. The van der Waals surface area contributed by atoms with Gasteiger partial charge in [-0.15, -0.1) is 5.10 Å². The van der Waals surface area contributed by atoms with Crippen LogP contribution < -0.4 is 5.32 Å². The molecule has 9 heteroatoms. The monoisotopic (exact) mass is 367 g/mol. The first-order valence-electron chi connectivity index (χ1n) is 8.90. The Morgan fingerprint density at radius 2 is 2.26 bits per heavy atom. The SMILES string of the molecule is Cc1nonc1[C@@H]1CCCN1Cc1cccc(C(=O)Nc2cn(C)nn2)c1. The summed E-state index contributed by atoms with van der Waals surface area (Å²) in [5, 5.41) is 18.4. The molecule has 1 aliphatic heterocycles. The molecule has 3 aromatic rings. The fourth-order valence-corrected chi connectivity index (χ4v) is 3.50. The molecule has 1 atom stereocenters. The zero-order valence-corrected chi connectivity index (χ0v) is 15.3. The van der Waals surface area contributed by atoms with Gasteiger partial charge in [-0.05, 0) is 44.0 Å². The molecule has 27 heavy (non-hydrogen) atoms. The Morgan fingerprint density at radius 3 is 3.00 bits per heavy atom. The largest absolute Gasteiger partial charge is 0.304 e. The van der Waals surface area contributed by atoms with Gasteiger partial charge in [-0.3, -0.25) is 14.4 Å². The fraction of sp³-hybridized carbons (Fsp3) is 0.389. The summed E-state index contributed by atoms with van der Waals surface area (Å²) in [5.74, 6) is 0.230. The summed E-state index contributed by atoms with van der Waals surface area (Å²) >= 11 is 0. The second kappa shape index (κ2) is 7.28. The van der Waals surface area contributed by atoms with Gasteiger partial charge < -0.3 is 5.32 Å². The van der Waals surface area contributed by atoms with Crippen LogP contribution in [0.3, 0.4) is 0 Å². The number of nitrogens with one attached hydrogen (secondary N) is 1. The van der Waals surface area contributed by atoms with Crippen LogP contribution in [-0.2, 0) is 13.6 Å². The molecule has 0 radical (unpaired) electrons. The molecule has 1 aromatic carbocycles. The Bertz CT molecular complexity index is 949. The molecule has 9 nitrogen and oxygen atoms in total. The summed E-state index contributed by atoms with van der Waals surface area (Å²) in [6, 6.07) is 7.84. The maximum Gasteiger partial charge on any atom is 0.256 e. The van der Waals surface area contributed by atoms with Crippen LogP contribution in [0.4, 0.5) is 5.82 Å². The number of carbonyl (C=O) groups is 1. The van der Waals surface area contributed by atoms with E-state index in [9.17, 15) is 4.79 Å². The summed E-state index contributed by atoms with van der Waals surface area (Å²) in [6.07, 6.45) is 3.79. The van der Waals surface area contributed by atoms with Gasteiger partial charge in [0.2, 0.25) is 0 Å². The maximum absolute atomic E-state index is 12.5. The number of rotatable bonds is 5. The molecule has 0 unspecified atom stereocenters. The van der Waals surface area contributed by atoms with E-state index in [0.717, 1.165) is 42.9 Å². The maximum atomic E-state index is 12.5. The molecule has 1 aliphatic rings. The highest BCUT2D eigenvalue weighted by Gasteiger charge is 2.30. The van der Waals surface area contributed by atoms with E-state index in [4.69, 9.17) is 4.63 Å². The number of amides is 1. The quantitative estimate of drug-likeness (QED) is 0.737. The number of nitrogens with zero attached hydrogens (tertiary/aromatic N) is 6. The van der Waals surface area contributed by atoms with Crippen molar-refractivity contribution in [3.63, 3.8) is 0 Å². The van der Waals surface area contributed by atoms with Gasteiger partial charge in [0, 0.05) is 19.2 Å². The number of aromatic nitrogens is 5. The Balaban J connectivity index is 1.47. The van der Waals surface area contributed by atoms with Crippen LogP contribution >= 0.6 is 0 Å². The second-order valence-corrected chi connectivity index (χ2v) is 6.80. The van der Waals surface area contributed by atoms with Crippen LogP contribution in [0.5, 0.6) is 0 Å². The van der Waals surface area contributed by atoms with E-state index in [1.54, 1.807) is 24.0 Å². The average Bonchev–Trinajstić information content (AvgIpc) is 3.37. The van der Waals surface area contributed by atoms with E-state index in [1.165, 1.54) is 0 Å². The molecule has 0 aliphatic carbocycles. The molecule has 1 fully saturated rings. The summed E-state index contributed by atoms with van der Waals surface area (Å²) in [6.45, 7) is 3.63. The van der Waals surface area contributed by atoms with Crippen LogP contribution in [-0.4, -0.2) is 42.7 Å². The third-order valence-corrected chi connectivity index (χ3v) is 4.79. The van der Waals surface area contributed by atoms with Crippen LogP contribution in [0.1, 0.15) is 46.2 Å². The van der Waals surface area contributed by atoms with Crippen LogP contribution in [0.15, 0.2) is 35.1 Å². The minimum absolute atomic E-state index is 0.202. The lowest BCUT2D eigenvalue weighted by atomic mass is 10.1. The minimum Gasteiger partial charge on any atom is -0.304 e. The molecule has 2 aromatic heterocycles. The predicted octanol–water partition coefficient (Wildman–Crippen LogP) is 2.10. The van der Waals surface area contributed by atoms with Gasteiger partial charge in [-0.2, -0.15) is 0 Å². The molecule has 3 heterocycles. The van der Waals surface area contributed by atoms with Crippen molar-refractivity contribution in [3.05, 3.63) is 53.0 Å². The summed E-state index contributed by atoms with van der Waals surface area (Å²) in [4.78, 5) is 14.8. The topological polar surface area (TPSA) is 102 Å². The lowest BCUT2D eigenvalue weighted by Gasteiger charge is -2.23. The predicted molar refractivity (Wildman–Crippen MR) is 96.8 cm³/mol. The first-order valence-corrected chi connectivity index (χ1v) is 8.90. The van der Waals surface area contributed by atoms with Crippen molar-refractivity contribution in [2.75, 3.05) is 11.9 Å². The first-order chi connectivity index (χ1) is 13.1. The van der Waals surface area contributed by atoms with E-state index in [0.29, 0.717) is 11.4 Å². The van der Waals surface area contributed by atoms with E-state index < -0.39 is 0 Å². The highest BCUT2D eigenvalue weighted by molar-refractivity contribution is 6.03. The van der Waals surface area contributed by atoms with Crippen molar-refractivity contribution in [1.82, 2.24) is 30.2 Å². The molecule has 4 rings (SSSR count). The third-order valence-electron chi connectivity index (χ3n) is 4.79. The number of anilines is 1. The van der Waals surface area contributed by atoms with Gasteiger partial charge in [0.25, 0.3) is 5.91 Å². The molecule has 140 valence electrons. The van der Waals surface area contributed by atoms with Crippen molar-refractivity contribution < 1.29 is 9.42 Å². The number of carbonyl (C=O) groups excluding carboxylic acids is 1. The number of benzene rings is 1. The van der Waals surface area contributed by atoms with Gasteiger partial charge in [0.1, 0.15) is 11.4 Å². The number of likely N-dealkylation sites (tertiary alicyclic amines) is 1. The normalized spacial score (nSPS) is 17.3. The van der Waals surface area contributed by atoms with Crippen LogP contribution in [0.2, 0.25) is 0 Å². The molecule has 0 spiro atoms. The van der Waals surface area contributed by atoms with E-state index in [1.807, 2.05) is 25.1 Å². The highest BCUT2D eigenvalue weighted by Crippen LogP contribution is 2.33. The number of aryl methyl sites for hydroxylation is 2. The molecule has 1 N–H and O–H groups in total. The van der Waals surface area contributed by atoms with Crippen molar-refractivity contribution in [2.24, 2.45) is 7.05 Å². The molecule has 0 saturated carbocycles. The molecular weight excluding hydrogens is 346 g/mol. The standard InChI is InChI=1S/C18H21N7O2/c1-12-17(22-27-21-12)15-7-4-8-25(15)10-13-5-3-6-14(9-13)18(26)19-16-11-24(2)23-20-16/h3,5-6,9,11,15H,4,7-8,10H2,1-2H3,(H,19,26)/t15-/m0/s1. The van der Waals surface area contributed by atoms with Gasteiger partial charge in [0.15, 0.2) is 5.82 Å². The summed E-state index contributed by atoms with van der Waals surface area (Å²) < 4.78 is 6.41. The number of hydrogen-bond acceptors (Lipinski definition) is 7. The van der Waals surface area contributed by atoms with Crippen molar-refractivity contribution in [1.29, 1.82) is 0 Å². The zero-order chi connectivity index (χ0) is 18.8. The Morgan fingerprint density at radius 1 is 1.37 bits per heavy atom. The molecule has 1 saturated heterocycles. The van der Waals surface area contributed by atoms with Gasteiger partial charge in [-0.1, -0.05) is 27.7 Å². The Labute approximate surface area is 156 Å². The average molecular weight is 367 g/mol. The molecular formula is C18H21N7O2. The molecule has 1 amide bonds. The third kappa shape index (κ3) is 3.72. The Kier molecular flexibility index (Phi) is 4.68. The molecule has 0 bridgehead atoms. The minimum atomic E-state index is -0.202. The van der Waals surface area contributed by atoms with Crippen LogP contribution in [0.25, 0.3) is 0 Å². The lowest BCUT2D eigenvalue weighted by Crippen LogP contribution is -2.23. The lowest BCUT2D eigenvalue weighted by molar-refractivity contribution is 0.102. The second-order valence-electron chi connectivity index (χ2n) is 6.80. The zero-order valence-electron chi connectivity index (χ0n) is 15.3. The van der Waals surface area contributed by atoms with E-state index in [-0.39, 0.29) is 11.9 Å².